The molecule has 1 fully saturated rings. The summed E-state index contributed by atoms with van der Waals surface area (Å²) in [4.78, 5) is 14.9. The first-order valence-electron chi connectivity index (χ1n) is 11.0. The molecule has 1 aliphatic rings. The van der Waals surface area contributed by atoms with E-state index in [4.69, 9.17) is 9.47 Å². The highest BCUT2D eigenvalue weighted by Crippen LogP contribution is 2.31. The van der Waals surface area contributed by atoms with Gasteiger partial charge in [0.15, 0.2) is 11.5 Å². The molecule has 1 saturated heterocycles. The summed E-state index contributed by atoms with van der Waals surface area (Å²) in [5.41, 5.74) is 3.45. The number of hydrogen-bond acceptors (Lipinski definition) is 4. The molecule has 0 atom stereocenters. The molecule has 5 heteroatoms. The maximum atomic E-state index is 12.3. The van der Waals surface area contributed by atoms with Gasteiger partial charge < -0.3 is 14.8 Å². The van der Waals surface area contributed by atoms with Gasteiger partial charge in [0.25, 0.3) is 0 Å². The molecule has 5 nitrogen and oxygen atoms in total. The molecule has 1 amide bonds. The third-order valence-electron chi connectivity index (χ3n) is 5.72. The zero-order valence-electron chi connectivity index (χ0n) is 18.3. The predicted octanol–water partition coefficient (Wildman–Crippen LogP) is 4.33. The molecule has 0 radical (unpaired) electrons. The Morgan fingerprint density at radius 1 is 0.933 bits per heavy atom. The number of carbonyl (C=O) groups excluding carboxylic acids is 1. The van der Waals surface area contributed by atoms with Crippen molar-refractivity contribution in [2.75, 3.05) is 27.3 Å². The molecule has 0 aromatic heterocycles. The Balaban J connectivity index is 1.44. The van der Waals surface area contributed by atoms with Crippen LogP contribution < -0.4 is 14.8 Å². The van der Waals surface area contributed by atoms with Gasteiger partial charge in [-0.15, -0.1) is 0 Å². The van der Waals surface area contributed by atoms with Crippen molar-refractivity contribution in [2.45, 2.75) is 51.6 Å². The lowest BCUT2D eigenvalue weighted by Gasteiger charge is -2.19. The normalized spacial score (nSPS) is 14.7. The Morgan fingerprint density at radius 2 is 1.63 bits per heavy atom. The lowest BCUT2D eigenvalue weighted by Crippen LogP contribution is -2.24. The van der Waals surface area contributed by atoms with Crippen molar-refractivity contribution in [3.05, 3.63) is 59.2 Å². The zero-order valence-corrected chi connectivity index (χ0v) is 18.3. The average Bonchev–Trinajstić information content (AvgIpc) is 3.05. The summed E-state index contributed by atoms with van der Waals surface area (Å²) in [6.07, 6.45) is 6.37. The number of ether oxygens (including phenoxy) is 2. The molecule has 1 heterocycles. The monoisotopic (exact) mass is 410 g/mol. The molecule has 0 aliphatic carbocycles. The number of hydrogen-bond donors (Lipinski definition) is 1. The van der Waals surface area contributed by atoms with Crippen LogP contribution in [0.1, 0.15) is 48.8 Å². The van der Waals surface area contributed by atoms with E-state index in [2.05, 4.69) is 34.5 Å². The van der Waals surface area contributed by atoms with Crippen LogP contribution in [0.2, 0.25) is 0 Å². The summed E-state index contributed by atoms with van der Waals surface area (Å²) in [7, 11) is 3.24. The van der Waals surface area contributed by atoms with Crippen LogP contribution in [0.5, 0.6) is 11.5 Å². The largest absolute Gasteiger partial charge is 0.493 e. The predicted molar refractivity (Wildman–Crippen MR) is 120 cm³/mol. The molecule has 2 aromatic rings. The summed E-state index contributed by atoms with van der Waals surface area (Å²) in [5, 5.41) is 3.02. The molecule has 30 heavy (non-hydrogen) atoms. The number of para-hydroxylation sites is 1. The topological polar surface area (TPSA) is 50.8 Å². The molecule has 3 rings (SSSR count). The molecule has 1 aliphatic heterocycles. The van der Waals surface area contributed by atoms with Crippen LogP contribution in [0.25, 0.3) is 0 Å². The Labute approximate surface area is 180 Å². The highest BCUT2D eigenvalue weighted by Gasteiger charge is 2.12. The van der Waals surface area contributed by atoms with Gasteiger partial charge in [-0.1, -0.05) is 49.2 Å². The smallest absolute Gasteiger partial charge is 0.220 e. The van der Waals surface area contributed by atoms with Crippen LogP contribution in [0.15, 0.2) is 42.5 Å². The van der Waals surface area contributed by atoms with E-state index in [9.17, 15) is 4.79 Å². The van der Waals surface area contributed by atoms with Gasteiger partial charge in [0, 0.05) is 19.5 Å². The number of rotatable bonds is 9. The molecule has 0 bridgehead atoms. The van der Waals surface area contributed by atoms with Crippen molar-refractivity contribution in [3.63, 3.8) is 0 Å². The van der Waals surface area contributed by atoms with Crippen molar-refractivity contribution in [1.29, 1.82) is 0 Å². The van der Waals surface area contributed by atoms with Crippen LogP contribution in [0.4, 0.5) is 0 Å². The highest BCUT2D eigenvalue weighted by molar-refractivity contribution is 5.76. The molecule has 2 aromatic carbocycles. The number of nitrogens with one attached hydrogen (secondary N) is 1. The second kappa shape index (κ2) is 11.6. The van der Waals surface area contributed by atoms with Gasteiger partial charge in [-0.25, -0.2) is 0 Å². The first-order chi connectivity index (χ1) is 14.7. The number of likely N-dealkylation sites (tertiary alicyclic amines) is 1. The van der Waals surface area contributed by atoms with Crippen molar-refractivity contribution in [3.8, 4) is 11.5 Å². The van der Waals surface area contributed by atoms with E-state index in [-0.39, 0.29) is 5.91 Å². The van der Waals surface area contributed by atoms with E-state index < -0.39 is 0 Å². The van der Waals surface area contributed by atoms with E-state index in [1.165, 1.54) is 44.3 Å². The van der Waals surface area contributed by atoms with E-state index in [1.54, 1.807) is 14.2 Å². The van der Waals surface area contributed by atoms with Crippen molar-refractivity contribution < 1.29 is 14.3 Å². The fraction of sp³-hybridized carbons (Fsp3) is 0.480. The van der Waals surface area contributed by atoms with Gasteiger partial charge in [-0.3, -0.25) is 9.69 Å². The Morgan fingerprint density at radius 3 is 2.30 bits per heavy atom. The van der Waals surface area contributed by atoms with Gasteiger partial charge >= 0.3 is 0 Å². The van der Waals surface area contributed by atoms with E-state index >= 15 is 0 Å². The second-order valence-corrected chi connectivity index (χ2v) is 7.94. The second-order valence-electron chi connectivity index (χ2n) is 7.94. The SMILES string of the molecule is COc1cccc(CCC(=O)NCc2ccc(CN3CCCCCC3)cc2)c1OC. The summed E-state index contributed by atoms with van der Waals surface area (Å²) >= 11 is 0. The first-order valence-corrected chi connectivity index (χ1v) is 11.0. The molecule has 162 valence electrons. The molecule has 0 saturated carbocycles. The minimum Gasteiger partial charge on any atom is -0.493 e. The molecular formula is C25H34N2O3. The lowest BCUT2D eigenvalue weighted by atomic mass is 10.1. The van der Waals surface area contributed by atoms with Crippen molar-refractivity contribution in [1.82, 2.24) is 10.2 Å². The fourth-order valence-corrected chi connectivity index (χ4v) is 4.00. The number of benzene rings is 2. The highest BCUT2D eigenvalue weighted by atomic mass is 16.5. The third kappa shape index (κ3) is 6.49. The summed E-state index contributed by atoms with van der Waals surface area (Å²) < 4.78 is 10.8. The number of methoxy groups -OCH3 is 2. The van der Waals surface area contributed by atoms with Gasteiger partial charge in [-0.2, -0.15) is 0 Å². The van der Waals surface area contributed by atoms with Crippen LogP contribution >= 0.6 is 0 Å². The van der Waals surface area contributed by atoms with Gasteiger partial charge in [0.1, 0.15) is 0 Å². The maximum absolute atomic E-state index is 12.3. The Kier molecular flexibility index (Phi) is 8.57. The van der Waals surface area contributed by atoms with E-state index in [0.717, 1.165) is 17.7 Å². The van der Waals surface area contributed by atoms with Gasteiger partial charge in [-0.05, 0) is 55.1 Å². The van der Waals surface area contributed by atoms with E-state index in [0.29, 0.717) is 30.9 Å². The van der Waals surface area contributed by atoms with Crippen LogP contribution in [-0.2, 0) is 24.3 Å². The van der Waals surface area contributed by atoms with Crippen molar-refractivity contribution >= 4 is 5.91 Å². The van der Waals surface area contributed by atoms with E-state index in [1.807, 2.05) is 18.2 Å². The van der Waals surface area contributed by atoms with Crippen LogP contribution in [0, 0.1) is 0 Å². The van der Waals surface area contributed by atoms with Gasteiger partial charge in [0.05, 0.1) is 14.2 Å². The first kappa shape index (κ1) is 22.2. The Bertz CT molecular complexity index is 797. The fourth-order valence-electron chi connectivity index (χ4n) is 4.00. The Hall–Kier alpha value is -2.53. The minimum atomic E-state index is 0.0357. The molecule has 0 unspecified atom stereocenters. The number of carbonyl (C=O) groups is 1. The standard InChI is InChI=1S/C25H34N2O3/c1-29-23-9-7-8-22(25(23)30-2)14-15-24(28)26-18-20-10-12-21(13-11-20)19-27-16-5-3-4-6-17-27/h7-13H,3-6,14-19H2,1-2H3,(H,26,28). The number of nitrogens with zero attached hydrogens (tertiary/aromatic N) is 1. The number of amides is 1. The molecule has 1 N–H and O–H groups in total. The lowest BCUT2D eigenvalue weighted by molar-refractivity contribution is -0.121. The molecular weight excluding hydrogens is 376 g/mol. The van der Waals surface area contributed by atoms with Crippen LogP contribution in [0.3, 0.4) is 0 Å². The average molecular weight is 411 g/mol. The summed E-state index contributed by atoms with van der Waals surface area (Å²) in [5.74, 6) is 1.43. The molecule has 0 spiro atoms. The minimum absolute atomic E-state index is 0.0357. The zero-order chi connectivity index (χ0) is 21.2. The van der Waals surface area contributed by atoms with Crippen LogP contribution in [-0.4, -0.2) is 38.1 Å². The third-order valence-corrected chi connectivity index (χ3v) is 5.72. The quantitative estimate of drug-likeness (QED) is 0.669. The number of aryl methyl sites for hydroxylation is 1. The summed E-state index contributed by atoms with van der Waals surface area (Å²) in [6.45, 7) is 3.98. The van der Waals surface area contributed by atoms with Gasteiger partial charge in [0.2, 0.25) is 5.91 Å². The maximum Gasteiger partial charge on any atom is 0.220 e. The summed E-state index contributed by atoms with van der Waals surface area (Å²) in [6, 6.07) is 14.4. The van der Waals surface area contributed by atoms with Crippen molar-refractivity contribution in [2.24, 2.45) is 0 Å².